The number of nitrogens with zero attached hydrogens (tertiary/aromatic N) is 3. The van der Waals surface area contributed by atoms with E-state index in [1.54, 1.807) is 0 Å². The summed E-state index contributed by atoms with van der Waals surface area (Å²) in [4.78, 5) is 5.63. The number of para-hydroxylation sites is 2. The topological polar surface area (TPSA) is 37.7 Å². The Bertz CT molecular complexity index is 8370. The van der Waals surface area contributed by atoms with Crippen LogP contribution in [-0.4, -0.2) is 11.3 Å². The molecule has 22 aromatic rings. The van der Waals surface area contributed by atoms with Gasteiger partial charge in [0.05, 0.1) is 28.1 Å². The van der Waals surface area contributed by atoms with Gasteiger partial charge >= 0.3 is 0 Å². The van der Waals surface area contributed by atoms with E-state index in [0.717, 1.165) is 134 Å². The van der Waals surface area contributed by atoms with Crippen LogP contribution in [0.2, 0.25) is 0 Å². The Balaban J connectivity index is 0.946. The van der Waals surface area contributed by atoms with Crippen molar-refractivity contribution in [3.63, 3.8) is 0 Å². The van der Waals surface area contributed by atoms with Gasteiger partial charge in [-0.3, -0.25) is 0 Å². The van der Waals surface area contributed by atoms with Crippen molar-refractivity contribution in [2.75, 3.05) is 9.80 Å². The number of furan rings is 2. The molecular formula is C126H108BN3O2S2. The molecule has 17 aromatic carbocycles. The lowest BCUT2D eigenvalue weighted by Crippen LogP contribution is -2.61. The summed E-state index contributed by atoms with van der Waals surface area (Å²) in [6, 6.07) is 128. The number of hydrogen-bond acceptors (Lipinski definition) is 6. The minimum Gasteiger partial charge on any atom is -0.456 e. The zero-order valence-corrected chi connectivity index (χ0v) is 81.4. The highest BCUT2D eigenvalue weighted by Crippen LogP contribution is 2.60. The monoisotopic (exact) mass is 1770 g/mol. The number of thiophene rings is 2. The van der Waals surface area contributed by atoms with Crippen LogP contribution >= 0.6 is 22.7 Å². The molecule has 0 radical (unpaired) electrons. The second-order valence-corrected chi connectivity index (χ2v) is 46.1. The molecule has 0 saturated carbocycles. The molecule has 0 spiro atoms. The van der Waals surface area contributed by atoms with Gasteiger partial charge in [-0.2, -0.15) is 0 Å². The van der Waals surface area contributed by atoms with Crippen molar-refractivity contribution in [3.05, 3.63) is 361 Å². The molecule has 0 unspecified atom stereocenters. The second kappa shape index (κ2) is 29.9. The molecule has 0 amide bonds. The van der Waals surface area contributed by atoms with E-state index in [1.807, 2.05) is 22.7 Å². The highest BCUT2D eigenvalue weighted by atomic mass is 32.1. The van der Waals surface area contributed by atoms with Gasteiger partial charge in [-0.1, -0.05) is 325 Å². The summed E-state index contributed by atoms with van der Waals surface area (Å²) in [6.07, 6.45) is 0. The molecule has 0 aliphatic carbocycles. The third-order valence-electron chi connectivity index (χ3n) is 29.1. The summed E-state index contributed by atoms with van der Waals surface area (Å²) in [5, 5.41) is 11.7. The number of hydrogen-bond donors (Lipinski definition) is 0. The van der Waals surface area contributed by atoms with Gasteiger partial charge in [0.15, 0.2) is 0 Å². The van der Waals surface area contributed by atoms with Crippen LogP contribution < -0.4 is 26.2 Å². The number of aromatic nitrogens is 1. The van der Waals surface area contributed by atoms with Crippen molar-refractivity contribution in [1.82, 2.24) is 4.57 Å². The van der Waals surface area contributed by atoms with Gasteiger partial charge in [0.2, 0.25) is 0 Å². The largest absolute Gasteiger partial charge is 0.456 e. The van der Waals surface area contributed by atoms with Crippen LogP contribution in [0.25, 0.3) is 178 Å². The molecular weight excluding hydrogens is 1660 g/mol. The summed E-state index contributed by atoms with van der Waals surface area (Å²) in [5.41, 5.74) is 36.5. The first kappa shape index (κ1) is 83.3. The molecule has 0 bridgehead atoms. The molecule has 8 heteroatoms. The maximum atomic E-state index is 7.14. The van der Waals surface area contributed by atoms with E-state index in [-0.39, 0.29) is 39.2 Å². The summed E-state index contributed by atoms with van der Waals surface area (Å²) >= 11 is 3.78. The fraction of sp³-hybridized carbons (Fsp3) is 0.190. The molecule has 0 fully saturated rings. The summed E-state index contributed by atoms with van der Waals surface area (Å²) in [7, 11) is 0. The Morgan fingerprint density at radius 1 is 0.231 bits per heavy atom. The van der Waals surface area contributed by atoms with Crippen LogP contribution in [0.4, 0.5) is 34.1 Å². The highest BCUT2D eigenvalue weighted by Gasteiger charge is 2.48. The minimum absolute atomic E-state index is 0.155. The lowest BCUT2D eigenvalue weighted by molar-refractivity contribution is 0.590. The molecule has 134 heavy (non-hydrogen) atoms. The number of benzene rings is 17. The maximum Gasteiger partial charge on any atom is 0.252 e. The average Bonchev–Trinajstić information content (AvgIpc) is 1.20. The normalized spacial score (nSPS) is 13.4. The van der Waals surface area contributed by atoms with Crippen LogP contribution in [0.3, 0.4) is 0 Å². The highest BCUT2D eigenvalue weighted by molar-refractivity contribution is 7.26. The molecule has 0 saturated heterocycles. The van der Waals surface area contributed by atoms with Crippen molar-refractivity contribution in [1.29, 1.82) is 0 Å². The van der Waals surface area contributed by atoms with E-state index < -0.39 is 0 Å². The number of fused-ring (bicyclic) bond motifs is 19. The van der Waals surface area contributed by atoms with Gasteiger partial charge in [-0.25, -0.2) is 0 Å². The van der Waals surface area contributed by atoms with Gasteiger partial charge in [0.1, 0.15) is 22.3 Å². The van der Waals surface area contributed by atoms with E-state index >= 15 is 0 Å². The molecule has 24 rings (SSSR count). The van der Waals surface area contributed by atoms with Crippen LogP contribution in [0.5, 0.6) is 0 Å². The first-order valence-electron chi connectivity index (χ1n) is 47.6. The van der Waals surface area contributed by atoms with E-state index in [9.17, 15) is 0 Å². The van der Waals surface area contributed by atoms with Crippen molar-refractivity contribution in [2.45, 2.75) is 157 Å². The zero-order valence-electron chi connectivity index (χ0n) is 79.7. The first-order valence-corrected chi connectivity index (χ1v) is 49.2. The lowest BCUT2D eigenvalue weighted by Gasteiger charge is -2.46. The van der Waals surface area contributed by atoms with E-state index in [2.05, 4.69) is 467 Å². The van der Waals surface area contributed by atoms with E-state index in [4.69, 9.17) is 8.83 Å². The fourth-order valence-corrected chi connectivity index (χ4v) is 24.2. The summed E-state index contributed by atoms with van der Waals surface area (Å²) in [5.74, 6) is 0. The summed E-state index contributed by atoms with van der Waals surface area (Å²) < 4.78 is 22.0. The van der Waals surface area contributed by atoms with Gasteiger partial charge in [-0.05, 0) is 254 Å². The van der Waals surface area contributed by atoms with E-state index in [1.165, 1.54) is 129 Å². The molecule has 5 aromatic heterocycles. The van der Waals surface area contributed by atoms with Crippen LogP contribution in [-0.2, 0) is 32.5 Å². The van der Waals surface area contributed by atoms with Crippen molar-refractivity contribution in [2.24, 2.45) is 0 Å². The lowest BCUT2D eigenvalue weighted by atomic mass is 9.33. The predicted octanol–water partition coefficient (Wildman–Crippen LogP) is 35.2. The Morgan fingerprint density at radius 2 is 0.612 bits per heavy atom. The minimum atomic E-state index is -0.390. The van der Waals surface area contributed by atoms with Gasteiger partial charge in [0, 0.05) is 118 Å². The third-order valence-corrected chi connectivity index (χ3v) is 31.4. The Labute approximate surface area is 793 Å². The molecule has 5 nitrogen and oxygen atoms in total. The van der Waals surface area contributed by atoms with Crippen molar-refractivity contribution < 1.29 is 8.83 Å². The number of anilines is 6. The van der Waals surface area contributed by atoms with Crippen LogP contribution in [0, 0.1) is 0 Å². The van der Waals surface area contributed by atoms with Crippen LogP contribution in [0.15, 0.2) is 336 Å². The second-order valence-electron chi connectivity index (χ2n) is 44.0. The van der Waals surface area contributed by atoms with Crippen molar-refractivity contribution >= 4 is 186 Å². The number of rotatable bonds is 9. The molecule has 7 heterocycles. The van der Waals surface area contributed by atoms with Gasteiger partial charge in [0.25, 0.3) is 6.71 Å². The molecule has 654 valence electrons. The quantitative estimate of drug-likeness (QED) is 0.135. The molecule has 2 aliphatic heterocycles. The standard InChI is InChI=1S/C126H108BN3O2S2/c1-121(2,3)77-54-58-100-92(64-77)93-65-78(122(4,5)6)55-59-101(93)128(100)83-71-104-118-105(72-83)130(120-94(84-40-30-46-108-114(84)88-36-22-26-44-106(88)131-108)66-81(125(13,14)15)67-95(120)85-41-31-47-109-115(85)89-37-23-27-45-107(89)132-109)103-70-79(123(7,8)9)53-56-98(103)127(118)99-63-74(76-60-75(73-34-20-19-21-35-73)61-80(62-76)124(10,11)12)52-57-102(99)129(104)119-96(86-42-32-50-112-116(86)90-38-24-28-48-110(90)133-112)68-82(126(16,17)18)69-97(119)87-43-33-51-113-117(87)91-39-25-29-49-111(91)134-113/h19-72H,1-18H3. The maximum absolute atomic E-state index is 7.14. The Hall–Kier alpha value is -13.8. The van der Waals surface area contributed by atoms with Gasteiger partial charge < -0.3 is 23.2 Å². The summed E-state index contributed by atoms with van der Waals surface area (Å²) in [6.45, 7) is 42.4. The first-order chi connectivity index (χ1) is 64.2. The third kappa shape index (κ3) is 13.3. The molecule has 0 atom stereocenters. The Morgan fingerprint density at radius 3 is 1.08 bits per heavy atom. The molecule has 2 aliphatic rings. The fourth-order valence-electron chi connectivity index (χ4n) is 21.9. The SMILES string of the molecule is CC(C)(C)c1cc(-c2ccccc2)cc(-c2ccc3c(c2)B2c4ccc(C(C)(C)C)cc4N(c4c(-c5cccc6oc7ccccc7c56)cc(C(C)(C)C)cc4-c4cccc5oc6ccccc6c45)c4cc(-n5c6ccc(C(C)(C)C)cc6c6cc(C(C)(C)C)ccc65)cc(c42)N3c2c(-c3cccc4sc5ccccc5c34)cc(C(C)(C)C)cc2-c2cccc3sc4ccccc4c23)c1. The van der Waals surface area contributed by atoms with E-state index in [0.29, 0.717) is 0 Å². The Kier molecular flexibility index (Phi) is 18.6. The van der Waals surface area contributed by atoms with Gasteiger partial charge in [-0.15, -0.1) is 22.7 Å². The van der Waals surface area contributed by atoms with Crippen LogP contribution in [0.1, 0.15) is 158 Å². The molecule has 0 N–H and O–H groups in total. The smallest absolute Gasteiger partial charge is 0.252 e. The average molecular weight is 1770 g/mol. The predicted molar refractivity (Wildman–Crippen MR) is 580 cm³/mol. The van der Waals surface area contributed by atoms with Crippen molar-refractivity contribution in [3.8, 4) is 72.4 Å². The zero-order chi connectivity index (χ0) is 92.0.